The van der Waals surface area contributed by atoms with Crippen molar-refractivity contribution in [1.29, 1.82) is 0 Å². The average Bonchev–Trinajstić information content (AvgIpc) is 3.07. The van der Waals surface area contributed by atoms with Gasteiger partial charge in [0.05, 0.1) is 0 Å². The molecule has 3 heteroatoms. The Morgan fingerprint density at radius 3 is 2.50 bits per heavy atom. The summed E-state index contributed by atoms with van der Waals surface area (Å²) in [6.45, 7) is 4.53. The Labute approximate surface area is 110 Å². The van der Waals surface area contributed by atoms with E-state index in [0.29, 0.717) is 23.3 Å². The summed E-state index contributed by atoms with van der Waals surface area (Å²) in [5.74, 6) is 1.55. The van der Waals surface area contributed by atoms with Crippen molar-refractivity contribution in [2.24, 2.45) is 17.3 Å². The maximum atomic E-state index is 12.3. The van der Waals surface area contributed by atoms with Crippen molar-refractivity contribution >= 4 is 5.91 Å². The van der Waals surface area contributed by atoms with E-state index in [-0.39, 0.29) is 0 Å². The van der Waals surface area contributed by atoms with Crippen LogP contribution in [-0.2, 0) is 4.79 Å². The molecule has 0 aromatic carbocycles. The number of hydrogen-bond acceptors (Lipinski definition) is 2. The van der Waals surface area contributed by atoms with Gasteiger partial charge >= 0.3 is 0 Å². The van der Waals surface area contributed by atoms with E-state index in [1.54, 1.807) is 0 Å². The van der Waals surface area contributed by atoms with Crippen molar-refractivity contribution in [3.8, 4) is 0 Å². The lowest BCUT2D eigenvalue weighted by atomic mass is 9.87. The van der Waals surface area contributed by atoms with Crippen LogP contribution in [0.25, 0.3) is 0 Å². The predicted molar refractivity (Wildman–Crippen MR) is 72.2 cm³/mol. The molecule has 1 aliphatic heterocycles. The van der Waals surface area contributed by atoms with Crippen LogP contribution in [0.4, 0.5) is 0 Å². The smallest absolute Gasteiger partial charge is 0.223 e. The summed E-state index contributed by atoms with van der Waals surface area (Å²) in [5, 5.41) is 6.71. The van der Waals surface area contributed by atoms with Gasteiger partial charge in [0.25, 0.3) is 0 Å². The Morgan fingerprint density at radius 1 is 1.17 bits per heavy atom. The molecule has 2 N–H and O–H groups in total. The molecule has 3 rings (SSSR count). The first kappa shape index (κ1) is 12.5. The Kier molecular flexibility index (Phi) is 3.35. The maximum absolute atomic E-state index is 12.3. The third kappa shape index (κ3) is 2.42. The molecular weight excluding hydrogens is 224 g/mol. The molecule has 3 aliphatic rings. The van der Waals surface area contributed by atoms with E-state index in [0.717, 1.165) is 25.4 Å². The van der Waals surface area contributed by atoms with Crippen molar-refractivity contribution in [2.45, 2.75) is 57.9 Å². The predicted octanol–water partition coefficient (Wildman–Crippen LogP) is 2.07. The molecule has 102 valence electrons. The van der Waals surface area contributed by atoms with Gasteiger partial charge in [0, 0.05) is 12.0 Å². The van der Waals surface area contributed by atoms with E-state index in [1.165, 1.54) is 38.5 Å². The molecule has 1 heterocycles. The van der Waals surface area contributed by atoms with E-state index in [2.05, 4.69) is 17.6 Å². The van der Waals surface area contributed by atoms with Crippen molar-refractivity contribution in [2.75, 3.05) is 13.1 Å². The van der Waals surface area contributed by atoms with Gasteiger partial charge in [0.15, 0.2) is 0 Å². The number of nitrogens with one attached hydrogen (secondary N) is 2. The van der Waals surface area contributed by atoms with Gasteiger partial charge in [0.1, 0.15) is 0 Å². The van der Waals surface area contributed by atoms with Crippen molar-refractivity contribution < 1.29 is 4.79 Å². The lowest BCUT2D eigenvalue weighted by Gasteiger charge is -2.28. The van der Waals surface area contributed by atoms with Crippen LogP contribution in [0.1, 0.15) is 51.9 Å². The standard InChI is InChI=1S/C15H26N2O/c1-11-2-4-12(5-3-11)17-14(18)13-10-15(13)6-8-16-9-7-15/h11-13,16H,2-10H2,1H3,(H,17,18). The Balaban J connectivity index is 1.48. The lowest BCUT2D eigenvalue weighted by Crippen LogP contribution is -2.40. The highest BCUT2D eigenvalue weighted by Gasteiger charge is 2.57. The van der Waals surface area contributed by atoms with Crippen LogP contribution in [0.15, 0.2) is 0 Å². The van der Waals surface area contributed by atoms with Crippen LogP contribution >= 0.6 is 0 Å². The number of rotatable bonds is 2. The van der Waals surface area contributed by atoms with E-state index in [4.69, 9.17) is 0 Å². The second-order valence-electron chi connectivity index (χ2n) is 6.83. The number of carbonyl (C=O) groups is 1. The van der Waals surface area contributed by atoms with Gasteiger partial charge < -0.3 is 10.6 Å². The Bertz CT molecular complexity index is 314. The summed E-state index contributed by atoms with van der Waals surface area (Å²) < 4.78 is 0. The van der Waals surface area contributed by atoms with E-state index >= 15 is 0 Å². The van der Waals surface area contributed by atoms with Crippen LogP contribution in [0.5, 0.6) is 0 Å². The van der Waals surface area contributed by atoms with Crippen LogP contribution in [0, 0.1) is 17.3 Å². The van der Waals surface area contributed by atoms with E-state index < -0.39 is 0 Å². The molecule has 1 spiro atoms. The molecule has 1 atom stereocenters. The fourth-order valence-corrected chi connectivity index (χ4v) is 3.90. The van der Waals surface area contributed by atoms with E-state index in [1.807, 2.05) is 0 Å². The molecule has 2 aliphatic carbocycles. The summed E-state index contributed by atoms with van der Waals surface area (Å²) >= 11 is 0. The average molecular weight is 250 g/mol. The highest BCUT2D eigenvalue weighted by Crippen LogP contribution is 2.58. The molecule has 1 saturated heterocycles. The van der Waals surface area contributed by atoms with Crippen LogP contribution in [0.3, 0.4) is 0 Å². The molecular formula is C15H26N2O. The molecule has 0 aromatic heterocycles. The summed E-state index contributed by atoms with van der Waals surface area (Å²) in [5.41, 5.74) is 0.386. The second-order valence-corrected chi connectivity index (χ2v) is 6.83. The topological polar surface area (TPSA) is 41.1 Å². The van der Waals surface area contributed by atoms with Gasteiger partial charge in [-0.05, 0) is 69.4 Å². The number of amides is 1. The first-order valence-corrected chi connectivity index (χ1v) is 7.71. The number of carbonyl (C=O) groups excluding carboxylic acids is 1. The van der Waals surface area contributed by atoms with Gasteiger partial charge in [-0.3, -0.25) is 4.79 Å². The van der Waals surface area contributed by atoms with Gasteiger partial charge in [-0.2, -0.15) is 0 Å². The van der Waals surface area contributed by atoms with E-state index in [9.17, 15) is 4.79 Å². The lowest BCUT2D eigenvalue weighted by molar-refractivity contribution is -0.124. The Hall–Kier alpha value is -0.570. The molecule has 0 aromatic rings. The maximum Gasteiger partial charge on any atom is 0.223 e. The minimum absolute atomic E-state index is 0.332. The zero-order chi connectivity index (χ0) is 12.6. The van der Waals surface area contributed by atoms with Crippen molar-refractivity contribution in [1.82, 2.24) is 10.6 Å². The van der Waals surface area contributed by atoms with Gasteiger partial charge in [0.2, 0.25) is 5.91 Å². The Morgan fingerprint density at radius 2 is 1.83 bits per heavy atom. The second kappa shape index (κ2) is 4.84. The quantitative estimate of drug-likeness (QED) is 0.788. The molecule has 18 heavy (non-hydrogen) atoms. The number of piperidine rings is 1. The largest absolute Gasteiger partial charge is 0.353 e. The highest BCUT2D eigenvalue weighted by atomic mass is 16.2. The minimum atomic E-state index is 0.332. The number of hydrogen-bond donors (Lipinski definition) is 2. The molecule has 1 unspecified atom stereocenters. The molecule has 3 nitrogen and oxygen atoms in total. The molecule has 0 radical (unpaired) electrons. The van der Waals surface area contributed by atoms with Gasteiger partial charge in [-0.15, -0.1) is 0 Å². The molecule has 1 amide bonds. The normalized spacial score (nSPS) is 38.4. The summed E-state index contributed by atoms with van der Waals surface area (Å²) in [6.07, 6.45) is 8.49. The first-order chi connectivity index (χ1) is 8.70. The van der Waals surface area contributed by atoms with Crippen LogP contribution in [0.2, 0.25) is 0 Å². The first-order valence-electron chi connectivity index (χ1n) is 7.71. The summed E-state index contributed by atoms with van der Waals surface area (Å²) in [4.78, 5) is 12.3. The van der Waals surface area contributed by atoms with Crippen molar-refractivity contribution in [3.63, 3.8) is 0 Å². The highest BCUT2D eigenvalue weighted by molar-refractivity contribution is 5.82. The fraction of sp³-hybridized carbons (Fsp3) is 0.933. The SMILES string of the molecule is CC1CCC(NC(=O)C2CC23CCNCC3)CC1. The van der Waals surface area contributed by atoms with Crippen LogP contribution in [-0.4, -0.2) is 25.0 Å². The molecule has 2 saturated carbocycles. The zero-order valence-electron chi connectivity index (χ0n) is 11.5. The monoisotopic (exact) mass is 250 g/mol. The van der Waals surface area contributed by atoms with Crippen LogP contribution < -0.4 is 10.6 Å². The van der Waals surface area contributed by atoms with Crippen molar-refractivity contribution in [3.05, 3.63) is 0 Å². The molecule has 0 bridgehead atoms. The molecule has 3 fully saturated rings. The van der Waals surface area contributed by atoms with Gasteiger partial charge in [-0.25, -0.2) is 0 Å². The third-order valence-corrected chi connectivity index (χ3v) is 5.47. The third-order valence-electron chi connectivity index (χ3n) is 5.47. The van der Waals surface area contributed by atoms with Gasteiger partial charge in [-0.1, -0.05) is 6.92 Å². The summed E-state index contributed by atoms with van der Waals surface area (Å²) in [7, 11) is 0. The zero-order valence-corrected chi connectivity index (χ0v) is 11.5. The minimum Gasteiger partial charge on any atom is -0.353 e. The summed E-state index contributed by atoms with van der Waals surface area (Å²) in [6, 6.07) is 0.466. The fourth-order valence-electron chi connectivity index (χ4n) is 3.90.